The van der Waals surface area contributed by atoms with Crippen molar-refractivity contribution in [3.8, 4) is 5.75 Å². The number of amides is 1. The summed E-state index contributed by atoms with van der Waals surface area (Å²) in [6.45, 7) is 4.22. The van der Waals surface area contributed by atoms with Crippen LogP contribution in [0.4, 0.5) is 5.69 Å². The Kier molecular flexibility index (Phi) is 2.11. The number of hydrogen-bond acceptors (Lipinski definition) is 3. The Labute approximate surface area is 82.3 Å². The number of rotatable bonds is 1. The Bertz CT molecular complexity index is 374. The number of anilines is 1. The van der Waals surface area contributed by atoms with Crippen LogP contribution in [0, 0.1) is 0 Å². The molecule has 0 fully saturated rings. The second kappa shape index (κ2) is 3.29. The zero-order valence-electron chi connectivity index (χ0n) is 8.20. The summed E-state index contributed by atoms with van der Waals surface area (Å²) in [6.07, 6.45) is 1.64. The molecule has 0 spiro atoms. The second-order valence-corrected chi connectivity index (χ2v) is 3.60. The van der Waals surface area contributed by atoms with Gasteiger partial charge in [-0.1, -0.05) is 13.8 Å². The molecule has 2 heterocycles. The molecule has 14 heavy (non-hydrogen) atoms. The molecule has 1 aliphatic rings. The number of nitrogens with zero attached hydrogens (tertiary/aromatic N) is 1. The molecule has 1 aromatic rings. The van der Waals surface area contributed by atoms with Gasteiger partial charge in [0.1, 0.15) is 11.4 Å². The van der Waals surface area contributed by atoms with Gasteiger partial charge in [-0.25, -0.2) is 0 Å². The Balaban J connectivity index is 2.36. The number of pyridine rings is 1. The van der Waals surface area contributed by atoms with Gasteiger partial charge in [0, 0.05) is 11.8 Å². The zero-order valence-corrected chi connectivity index (χ0v) is 8.20. The first kappa shape index (κ1) is 8.99. The predicted molar refractivity (Wildman–Crippen MR) is 52.5 cm³/mol. The van der Waals surface area contributed by atoms with Gasteiger partial charge in [-0.05, 0) is 5.92 Å². The molecule has 0 bridgehead atoms. The molecular formula is C10H12N2O2. The zero-order chi connectivity index (χ0) is 10.1. The number of nitrogens with one attached hydrogen (secondary N) is 1. The van der Waals surface area contributed by atoms with Crippen LogP contribution >= 0.6 is 0 Å². The Morgan fingerprint density at radius 3 is 3.07 bits per heavy atom. The Morgan fingerprint density at radius 1 is 1.57 bits per heavy atom. The molecule has 1 aromatic heterocycles. The molecule has 2 rings (SSSR count). The van der Waals surface area contributed by atoms with Crippen molar-refractivity contribution < 1.29 is 9.53 Å². The minimum Gasteiger partial charge on any atom is -0.481 e. The van der Waals surface area contributed by atoms with Gasteiger partial charge in [-0.15, -0.1) is 0 Å². The van der Waals surface area contributed by atoms with E-state index in [1.165, 1.54) is 0 Å². The van der Waals surface area contributed by atoms with Crippen LogP contribution in [0.1, 0.15) is 25.5 Å². The van der Waals surface area contributed by atoms with E-state index in [4.69, 9.17) is 4.74 Å². The molecule has 74 valence electrons. The average Bonchev–Trinajstić information content (AvgIpc) is 2.16. The smallest absolute Gasteiger partial charge is 0.262 e. The summed E-state index contributed by atoms with van der Waals surface area (Å²) >= 11 is 0. The number of aromatic nitrogens is 1. The van der Waals surface area contributed by atoms with E-state index in [1.807, 2.05) is 6.07 Å². The van der Waals surface area contributed by atoms with Gasteiger partial charge in [-0.2, -0.15) is 0 Å². The van der Waals surface area contributed by atoms with E-state index >= 15 is 0 Å². The van der Waals surface area contributed by atoms with E-state index in [-0.39, 0.29) is 12.5 Å². The summed E-state index contributed by atoms with van der Waals surface area (Å²) in [6, 6.07) is 1.87. The maximum atomic E-state index is 11.0. The number of carbonyl (C=O) groups excluding carboxylic acids is 1. The first-order chi connectivity index (χ1) is 6.66. The molecule has 0 saturated carbocycles. The van der Waals surface area contributed by atoms with E-state index in [9.17, 15) is 4.79 Å². The third-order valence-electron chi connectivity index (χ3n) is 2.11. The van der Waals surface area contributed by atoms with Crippen LogP contribution in [0.5, 0.6) is 5.75 Å². The molecule has 0 unspecified atom stereocenters. The van der Waals surface area contributed by atoms with E-state index in [0.29, 0.717) is 17.4 Å². The fourth-order valence-corrected chi connectivity index (χ4v) is 1.31. The molecule has 4 nitrogen and oxygen atoms in total. The largest absolute Gasteiger partial charge is 0.481 e. The fourth-order valence-electron chi connectivity index (χ4n) is 1.31. The summed E-state index contributed by atoms with van der Waals surface area (Å²) in [7, 11) is 0. The SMILES string of the molecule is CC(C)c1cc2c(cn1)NC(=O)CO2. The molecule has 0 saturated heterocycles. The minimum absolute atomic E-state index is 0.0918. The van der Waals surface area contributed by atoms with E-state index in [0.717, 1.165) is 5.69 Å². The summed E-state index contributed by atoms with van der Waals surface area (Å²) < 4.78 is 5.27. The highest BCUT2D eigenvalue weighted by Gasteiger charge is 2.17. The van der Waals surface area contributed by atoms with Gasteiger partial charge in [0.05, 0.1) is 6.20 Å². The van der Waals surface area contributed by atoms with Crippen LogP contribution in [0.2, 0.25) is 0 Å². The number of carbonyl (C=O) groups is 1. The van der Waals surface area contributed by atoms with Gasteiger partial charge in [0.2, 0.25) is 0 Å². The molecule has 4 heteroatoms. The second-order valence-electron chi connectivity index (χ2n) is 3.60. The lowest BCUT2D eigenvalue weighted by Gasteiger charge is -2.18. The molecular weight excluding hydrogens is 180 g/mol. The third kappa shape index (κ3) is 1.55. The lowest BCUT2D eigenvalue weighted by atomic mass is 10.1. The highest BCUT2D eigenvalue weighted by molar-refractivity contribution is 5.95. The van der Waals surface area contributed by atoms with Crippen molar-refractivity contribution in [3.05, 3.63) is 18.0 Å². The van der Waals surface area contributed by atoms with Crippen LogP contribution < -0.4 is 10.1 Å². The van der Waals surface area contributed by atoms with Crippen molar-refractivity contribution >= 4 is 11.6 Å². The molecule has 0 aliphatic carbocycles. The van der Waals surface area contributed by atoms with E-state index < -0.39 is 0 Å². The van der Waals surface area contributed by atoms with Crippen molar-refractivity contribution in [2.24, 2.45) is 0 Å². The van der Waals surface area contributed by atoms with Gasteiger partial charge in [0.25, 0.3) is 5.91 Å². The third-order valence-corrected chi connectivity index (χ3v) is 2.11. The lowest BCUT2D eigenvalue weighted by molar-refractivity contribution is -0.118. The molecule has 0 atom stereocenters. The van der Waals surface area contributed by atoms with Crippen molar-refractivity contribution in [3.63, 3.8) is 0 Å². The minimum atomic E-state index is -0.128. The van der Waals surface area contributed by atoms with Crippen LogP contribution in [0.15, 0.2) is 12.3 Å². The van der Waals surface area contributed by atoms with E-state index in [2.05, 4.69) is 24.1 Å². The fraction of sp³-hybridized carbons (Fsp3) is 0.400. The lowest BCUT2D eigenvalue weighted by Crippen LogP contribution is -2.25. The van der Waals surface area contributed by atoms with Crippen LogP contribution in [0.3, 0.4) is 0 Å². The van der Waals surface area contributed by atoms with Crippen molar-refractivity contribution in [1.82, 2.24) is 4.98 Å². The maximum absolute atomic E-state index is 11.0. The maximum Gasteiger partial charge on any atom is 0.262 e. The first-order valence-corrected chi connectivity index (χ1v) is 4.59. The highest BCUT2D eigenvalue weighted by Crippen LogP contribution is 2.29. The summed E-state index contributed by atoms with van der Waals surface area (Å²) in [5.41, 5.74) is 1.63. The van der Waals surface area contributed by atoms with Crippen molar-refractivity contribution in [1.29, 1.82) is 0 Å². The summed E-state index contributed by atoms with van der Waals surface area (Å²) in [5.74, 6) is 0.946. The van der Waals surface area contributed by atoms with Crippen molar-refractivity contribution in [2.75, 3.05) is 11.9 Å². The standard InChI is InChI=1S/C10H12N2O2/c1-6(2)7-3-9-8(4-11-7)12-10(13)5-14-9/h3-4,6H,5H2,1-2H3,(H,12,13). The van der Waals surface area contributed by atoms with E-state index in [1.54, 1.807) is 6.20 Å². The number of ether oxygens (including phenoxy) is 1. The highest BCUT2D eigenvalue weighted by atomic mass is 16.5. The number of fused-ring (bicyclic) bond motifs is 1. The van der Waals surface area contributed by atoms with Gasteiger partial charge >= 0.3 is 0 Å². The van der Waals surface area contributed by atoms with Crippen LogP contribution in [-0.2, 0) is 4.79 Å². The normalized spacial score (nSPS) is 14.6. The Morgan fingerprint density at radius 2 is 2.36 bits per heavy atom. The molecule has 1 aliphatic heterocycles. The topological polar surface area (TPSA) is 51.2 Å². The van der Waals surface area contributed by atoms with Crippen LogP contribution in [-0.4, -0.2) is 17.5 Å². The number of hydrogen-bond donors (Lipinski definition) is 1. The average molecular weight is 192 g/mol. The van der Waals surface area contributed by atoms with Crippen molar-refractivity contribution in [2.45, 2.75) is 19.8 Å². The quantitative estimate of drug-likeness (QED) is 0.734. The van der Waals surface area contributed by atoms with Gasteiger partial charge in [-0.3, -0.25) is 9.78 Å². The molecule has 0 aromatic carbocycles. The van der Waals surface area contributed by atoms with Gasteiger partial charge in [0.15, 0.2) is 6.61 Å². The Hall–Kier alpha value is -1.58. The first-order valence-electron chi connectivity index (χ1n) is 4.59. The summed E-state index contributed by atoms with van der Waals surface area (Å²) in [4.78, 5) is 15.2. The molecule has 1 N–H and O–H groups in total. The van der Waals surface area contributed by atoms with Gasteiger partial charge < -0.3 is 10.1 Å². The van der Waals surface area contributed by atoms with Crippen LogP contribution in [0.25, 0.3) is 0 Å². The molecule has 0 radical (unpaired) electrons. The summed E-state index contributed by atoms with van der Waals surface area (Å²) in [5, 5.41) is 2.70. The predicted octanol–water partition coefficient (Wildman–Crippen LogP) is 1.54. The monoisotopic (exact) mass is 192 g/mol. The molecule has 1 amide bonds.